The van der Waals surface area contributed by atoms with E-state index in [4.69, 9.17) is 27.9 Å². The molecule has 3 aromatic rings. The van der Waals surface area contributed by atoms with Gasteiger partial charge < -0.3 is 10.1 Å². The number of para-hydroxylation sites is 1. The summed E-state index contributed by atoms with van der Waals surface area (Å²) in [6, 6.07) is 12.0. The van der Waals surface area contributed by atoms with Crippen LogP contribution in [0.4, 0.5) is 5.69 Å². The predicted octanol–water partition coefficient (Wildman–Crippen LogP) is 5.85. The number of ether oxygens (including phenoxy) is 1. The first kappa shape index (κ1) is 21.6. The number of anilines is 1. The van der Waals surface area contributed by atoms with E-state index < -0.39 is 18.5 Å². The summed E-state index contributed by atoms with van der Waals surface area (Å²) >= 11 is 15.1. The normalized spacial score (nSPS) is 10.6. The highest BCUT2D eigenvalue weighted by Gasteiger charge is 2.16. The molecule has 0 aliphatic heterocycles. The van der Waals surface area contributed by atoms with Crippen molar-refractivity contribution in [3.05, 3.63) is 74.2 Å². The average Bonchev–Trinajstić information content (AvgIpc) is 3.13. The minimum absolute atomic E-state index is 0.284. The van der Waals surface area contributed by atoms with Crippen molar-refractivity contribution in [2.24, 2.45) is 0 Å². The summed E-state index contributed by atoms with van der Waals surface area (Å²) < 4.78 is 5.17. The number of hydrogen-bond donors (Lipinski definition) is 1. The Bertz CT molecular complexity index is 1020. The molecule has 150 valence electrons. The smallest absolute Gasteiger partial charge is 0.339 e. The predicted molar refractivity (Wildman–Crippen MR) is 118 cm³/mol. The summed E-state index contributed by atoms with van der Waals surface area (Å²) in [6.07, 6.45) is 0. The zero-order chi connectivity index (χ0) is 20.8. The van der Waals surface area contributed by atoms with E-state index in [1.165, 1.54) is 11.8 Å². The Morgan fingerprint density at radius 3 is 2.55 bits per heavy atom. The Hall–Kier alpha value is -2.06. The Balaban J connectivity index is 1.60. The van der Waals surface area contributed by atoms with Crippen LogP contribution in [0.1, 0.15) is 21.1 Å². The number of benzene rings is 2. The SMILES string of the molecule is Cc1nc(CSc2ccccc2C(=O)OCC(=O)Nc2c(Cl)cccc2Cl)cs1. The van der Waals surface area contributed by atoms with Gasteiger partial charge in [-0.2, -0.15) is 0 Å². The van der Waals surface area contributed by atoms with Crippen molar-refractivity contribution in [3.63, 3.8) is 0 Å². The number of esters is 1. The van der Waals surface area contributed by atoms with Gasteiger partial charge >= 0.3 is 5.97 Å². The van der Waals surface area contributed by atoms with Crippen molar-refractivity contribution in [2.45, 2.75) is 17.6 Å². The second-order valence-corrected chi connectivity index (χ2v) is 8.76. The lowest BCUT2D eigenvalue weighted by atomic mass is 10.2. The van der Waals surface area contributed by atoms with Crippen molar-refractivity contribution in [1.82, 2.24) is 4.98 Å². The molecule has 0 aliphatic carbocycles. The number of amides is 1. The number of hydrogen-bond acceptors (Lipinski definition) is 6. The second kappa shape index (κ2) is 10.1. The number of rotatable bonds is 7. The van der Waals surface area contributed by atoms with Gasteiger partial charge in [-0.3, -0.25) is 4.79 Å². The van der Waals surface area contributed by atoms with Gasteiger partial charge in [-0.15, -0.1) is 23.1 Å². The Morgan fingerprint density at radius 1 is 1.14 bits per heavy atom. The zero-order valence-electron chi connectivity index (χ0n) is 15.3. The van der Waals surface area contributed by atoms with Gasteiger partial charge in [0.05, 0.1) is 32.0 Å². The molecule has 0 fully saturated rings. The Labute approximate surface area is 186 Å². The second-order valence-electron chi connectivity index (χ2n) is 5.86. The quantitative estimate of drug-likeness (QED) is 0.349. The molecule has 0 atom stereocenters. The number of carbonyl (C=O) groups is 2. The molecule has 0 saturated heterocycles. The molecule has 0 spiro atoms. The number of halogens is 2. The highest BCUT2D eigenvalue weighted by atomic mass is 35.5. The van der Waals surface area contributed by atoms with Crippen LogP contribution in [-0.2, 0) is 15.3 Å². The maximum atomic E-state index is 12.5. The van der Waals surface area contributed by atoms with Crippen LogP contribution in [0.3, 0.4) is 0 Å². The van der Waals surface area contributed by atoms with Crippen LogP contribution in [0.5, 0.6) is 0 Å². The first-order valence-corrected chi connectivity index (χ1v) is 11.1. The maximum absolute atomic E-state index is 12.5. The summed E-state index contributed by atoms with van der Waals surface area (Å²) in [5.41, 5.74) is 1.64. The van der Waals surface area contributed by atoms with E-state index in [0.717, 1.165) is 15.6 Å². The fraction of sp³-hybridized carbons (Fsp3) is 0.150. The van der Waals surface area contributed by atoms with E-state index in [1.807, 2.05) is 24.4 Å². The van der Waals surface area contributed by atoms with Crippen LogP contribution in [0.25, 0.3) is 0 Å². The van der Waals surface area contributed by atoms with Gasteiger partial charge in [-0.1, -0.05) is 41.4 Å². The van der Waals surface area contributed by atoms with Crippen molar-refractivity contribution in [2.75, 3.05) is 11.9 Å². The number of nitrogens with one attached hydrogen (secondary N) is 1. The van der Waals surface area contributed by atoms with Crippen molar-refractivity contribution in [3.8, 4) is 0 Å². The molecule has 0 unspecified atom stereocenters. The van der Waals surface area contributed by atoms with Crippen LogP contribution in [0.2, 0.25) is 10.0 Å². The molecule has 1 aromatic heterocycles. The highest BCUT2D eigenvalue weighted by molar-refractivity contribution is 7.98. The molecule has 1 heterocycles. The standard InChI is InChI=1S/C20H16Cl2N2O3S2/c1-12-23-13(10-28-12)11-29-17-8-3-2-5-14(17)20(26)27-9-18(25)24-19-15(21)6-4-7-16(19)22/h2-8,10H,9,11H2,1H3,(H,24,25). The van der Waals surface area contributed by atoms with Gasteiger partial charge in [0.2, 0.25) is 0 Å². The molecule has 29 heavy (non-hydrogen) atoms. The van der Waals surface area contributed by atoms with Gasteiger partial charge in [0.1, 0.15) is 0 Å². The molecule has 2 aromatic carbocycles. The van der Waals surface area contributed by atoms with Crippen molar-refractivity contribution >= 4 is 63.9 Å². The van der Waals surface area contributed by atoms with E-state index in [0.29, 0.717) is 21.4 Å². The maximum Gasteiger partial charge on any atom is 0.339 e. The van der Waals surface area contributed by atoms with Gasteiger partial charge in [0.25, 0.3) is 5.91 Å². The largest absolute Gasteiger partial charge is 0.452 e. The van der Waals surface area contributed by atoms with E-state index in [9.17, 15) is 9.59 Å². The summed E-state index contributed by atoms with van der Waals surface area (Å²) in [6.45, 7) is 1.50. The topological polar surface area (TPSA) is 68.3 Å². The molecule has 0 bridgehead atoms. The number of thioether (sulfide) groups is 1. The van der Waals surface area contributed by atoms with Crippen molar-refractivity contribution < 1.29 is 14.3 Å². The fourth-order valence-electron chi connectivity index (χ4n) is 2.39. The number of nitrogens with zero attached hydrogens (tertiary/aromatic N) is 1. The molecule has 1 amide bonds. The molecule has 5 nitrogen and oxygen atoms in total. The van der Waals surface area contributed by atoms with Crippen LogP contribution in [0.15, 0.2) is 52.7 Å². The molecule has 0 aliphatic rings. The number of aromatic nitrogens is 1. The first-order valence-electron chi connectivity index (χ1n) is 8.48. The minimum atomic E-state index is -0.581. The van der Waals surface area contributed by atoms with Gasteiger partial charge in [0.15, 0.2) is 6.61 Å². The number of carbonyl (C=O) groups excluding carboxylic acids is 2. The van der Waals surface area contributed by atoms with Crippen LogP contribution in [0, 0.1) is 6.92 Å². The molecule has 3 rings (SSSR count). The minimum Gasteiger partial charge on any atom is -0.452 e. The van der Waals surface area contributed by atoms with E-state index in [2.05, 4.69) is 10.3 Å². The van der Waals surface area contributed by atoms with Crippen LogP contribution < -0.4 is 5.32 Å². The summed E-state index contributed by atoms with van der Waals surface area (Å²) in [7, 11) is 0. The van der Waals surface area contributed by atoms with E-state index in [-0.39, 0.29) is 5.69 Å². The lowest BCUT2D eigenvalue weighted by Gasteiger charge is -2.11. The molecular weight excluding hydrogens is 451 g/mol. The van der Waals surface area contributed by atoms with Gasteiger partial charge in [-0.25, -0.2) is 9.78 Å². The lowest BCUT2D eigenvalue weighted by Crippen LogP contribution is -2.21. The lowest BCUT2D eigenvalue weighted by molar-refractivity contribution is -0.119. The summed E-state index contributed by atoms with van der Waals surface area (Å²) in [5.74, 6) is -0.473. The molecule has 1 N–H and O–H groups in total. The molecule has 0 saturated carbocycles. The van der Waals surface area contributed by atoms with Crippen LogP contribution >= 0.6 is 46.3 Å². The fourth-order valence-corrected chi connectivity index (χ4v) is 4.53. The monoisotopic (exact) mass is 466 g/mol. The Kier molecular flexibility index (Phi) is 7.55. The number of thiazole rings is 1. The highest BCUT2D eigenvalue weighted by Crippen LogP contribution is 2.30. The summed E-state index contributed by atoms with van der Waals surface area (Å²) in [4.78, 5) is 29.8. The third-order valence-corrected chi connectivity index (χ3v) is 6.27. The molecule has 0 radical (unpaired) electrons. The molecular formula is C20H16Cl2N2O3S2. The van der Waals surface area contributed by atoms with Gasteiger partial charge in [-0.05, 0) is 31.2 Å². The third kappa shape index (κ3) is 5.96. The van der Waals surface area contributed by atoms with Gasteiger partial charge in [0, 0.05) is 16.0 Å². The van der Waals surface area contributed by atoms with E-state index >= 15 is 0 Å². The third-order valence-electron chi connectivity index (χ3n) is 3.71. The zero-order valence-corrected chi connectivity index (χ0v) is 18.4. The molecule has 9 heteroatoms. The Morgan fingerprint density at radius 2 is 1.86 bits per heavy atom. The first-order chi connectivity index (χ1) is 13.9. The number of aryl methyl sites for hydroxylation is 1. The van der Waals surface area contributed by atoms with E-state index in [1.54, 1.807) is 41.7 Å². The van der Waals surface area contributed by atoms with Crippen molar-refractivity contribution in [1.29, 1.82) is 0 Å². The van der Waals surface area contributed by atoms with Crippen LogP contribution in [-0.4, -0.2) is 23.5 Å². The summed E-state index contributed by atoms with van der Waals surface area (Å²) in [5, 5.41) is 6.15. The average molecular weight is 467 g/mol.